The second kappa shape index (κ2) is 11.2. The fraction of sp³-hybridized carbons (Fsp3) is 0.583. The van der Waals surface area contributed by atoms with Crippen LogP contribution >= 0.6 is 22.6 Å². The third-order valence-corrected chi connectivity index (χ3v) is 7.32. The number of hydrogen-bond acceptors (Lipinski definition) is 6. The van der Waals surface area contributed by atoms with Crippen LogP contribution in [0.25, 0.3) is 0 Å². The Balaban J connectivity index is 1.62. The van der Waals surface area contributed by atoms with Gasteiger partial charge in [0.05, 0.1) is 28.7 Å². The van der Waals surface area contributed by atoms with Gasteiger partial charge < -0.3 is 29.9 Å². The first-order valence-electron chi connectivity index (χ1n) is 11.5. The van der Waals surface area contributed by atoms with E-state index in [0.29, 0.717) is 43.4 Å². The van der Waals surface area contributed by atoms with Gasteiger partial charge in [0.1, 0.15) is 18.0 Å². The fourth-order valence-corrected chi connectivity index (χ4v) is 4.91. The molecule has 180 valence electrons. The molecular formula is C24H31IN2O6. The lowest BCUT2D eigenvalue weighted by Crippen LogP contribution is -2.56. The molecule has 2 amide bonds. The highest BCUT2D eigenvalue weighted by Gasteiger charge is 2.44. The van der Waals surface area contributed by atoms with E-state index >= 15 is 0 Å². The first kappa shape index (κ1) is 24.4. The van der Waals surface area contributed by atoms with Crippen LogP contribution in [0.15, 0.2) is 35.9 Å². The van der Waals surface area contributed by atoms with Gasteiger partial charge in [-0.25, -0.2) is 0 Å². The highest BCUT2D eigenvalue weighted by Crippen LogP contribution is 2.35. The quantitative estimate of drug-likeness (QED) is 0.389. The number of carbonyl (C=O) groups is 2. The maximum Gasteiger partial charge on any atom is 0.247 e. The maximum absolute atomic E-state index is 13.5. The molecule has 1 heterocycles. The van der Waals surface area contributed by atoms with Crippen molar-refractivity contribution in [3.63, 3.8) is 0 Å². The van der Waals surface area contributed by atoms with Gasteiger partial charge in [-0.15, -0.1) is 0 Å². The van der Waals surface area contributed by atoms with Crippen molar-refractivity contribution in [2.75, 3.05) is 32.9 Å². The van der Waals surface area contributed by atoms with Crippen LogP contribution in [-0.4, -0.2) is 78.1 Å². The number of aliphatic hydroxyl groups is 2. The lowest BCUT2D eigenvalue weighted by molar-refractivity contribution is -0.143. The van der Waals surface area contributed by atoms with Gasteiger partial charge >= 0.3 is 0 Å². The molecule has 2 fully saturated rings. The highest BCUT2D eigenvalue weighted by atomic mass is 127. The van der Waals surface area contributed by atoms with Crippen molar-refractivity contribution in [2.45, 2.75) is 43.9 Å². The summed E-state index contributed by atoms with van der Waals surface area (Å²) in [6.07, 6.45) is 2.91. The van der Waals surface area contributed by atoms with Gasteiger partial charge in [-0.2, -0.15) is 0 Å². The van der Waals surface area contributed by atoms with E-state index in [2.05, 4.69) is 27.9 Å². The number of aliphatic hydroxyl groups excluding tert-OH is 2. The van der Waals surface area contributed by atoms with Crippen LogP contribution < -0.4 is 10.1 Å². The second-order valence-electron chi connectivity index (χ2n) is 8.94. The van der Waals surface area contributed by atoms with Crippen molar-refractivity contribution in [3.05, 3.63) is 39.5 Å². The molecule has 0 bridgehead atoms. The van der Waals surface area contributed by atoms with Crippen LogP contribution in [0.4, 0.5) is 0 Å². The summed E-state index contributed by atoms with van der Waals surface area (Å²) >= 11 is 2.17. The van der Waals surface area contributed by atoms with E-state index in [1.807, 2.05) is 24.3 Å². The SMILES string of the molecule is O=C(NCCO)C1=C[C@H](Oc2ccccc2I)[C@@H](O)[C@H](N(CC2CC2)C(=O)C2CCOC2)C1. The number of halogens is 1. The lowest BCUT2D eigenvalue weighted by Gasteiger charge is -2.41. The minimum Gasteiger partial charge on any atom is -0.482 e. The molecule has 1 unspecified atom stereocenters. The molecule has 2 aliphatic carbocycles. The molecule has 9 heteroatoms. The summed E-state index contributed by atoms with van der Waals surface area (Å²) in [5.41, 5.74) is 0.450. The van der Waals surface area contributed by atoms with Gasteiger partial charge in [0, 0.05) is 31.7 Å². The smallest absolute Gasteiger partial charge is 0.247 e. The number of nitrogens with one attached hydrogen (secondary N) is 1. The summed E-state index contributed by atoms with van der Waals surface area (Å²) in [5.74, 6) is 0.478. The minimum absolute atomic E-state index is 0.0199. The molecule has 1 saturated heterocycles. The molecule has 4 rings (SSSR count). The summed E-state index contributed by atoms with van der Waals surface area (Å²) in [5, 5.41) is 23.2. The Bertz CT molecular complexity index is 883. The molecule has 0 spiro atoms. The van der Waals surface area contributed by atoms with Gasteiger partial charge in [-0.1, -0.05) is 12.1 Å². The summed E-state index contributed by atoms with van der Waals surface area (Å²) < 4.78 is 12.5. The third-order valence-electron chi connectivity index (χ3n) is 6.43. The summed E-state index contributed by atoms with van der Waals surface area (Å²) in [7, 11) is 0. The molecule has 3 N–H and O–H groups in total. The van der Waals surface area contributed by atoms with Gasteiger partial charge in [0.2, 0.25) is 11.8 Å². The van der Waals surface area contributed by atoms with Gasteiger partial charge in [0.25, 0.3) is 0 Å². The topological polar surface area (TPSA) is 108 Å². The zero-order chi connectivity index (χ0) is 23.4. The van der Waals surface area contributed by atoms with E-state index in [4.69, 9.17) is 14.6 Å². The van der Waals surface area contributed by atoms with Crippen LogP contribution in [0.5, 0.6) is 5.75 Å². The molecule has 1 aromatic rings. The van der Waals surface area contributed by atoms with Crippen LogP contribution in [0.2, 0.25) is 0 Å². The Kier molecular flexibility index (Phi) is 8.26. The van der Waals surface area contributed by atoms with Crippen molar-refractivity contribution in [2.24, 2.45) is 11.8 Å². The number of nitrogens with zero attached hydrogens (tertiary/aromatic N) is 1. The van der Waals surface area contributed by atoms with Gasteiger partial charge in [-0.05, 0) is 66.0 Å². The molecule has 1 saturated carbocycles. The molecule has 1 aliphatic heterocycles. The molecular weight excluding hydrogens is 539 g/mol. The zero-order valence-electron chi connectivity index (χ0n) is 18.5. The fourth-order valence-electron chi connectivity index (χ4n) is 4.40. The van der Waals surface area contributed by atoms with E-state index < -0.39 is 18.2 Å². The third kappa shape index (κ3) is 6.06. The first-order valence-corrected chi connectivity index (χ1v) is 12.6. The molecule has 4 atom stereocenters. The first-order chi connectivity index (χ1) is 16.0. The highest BCUT2D eigenvalue weighted by molar-refractivity contribution is 14.1. The van der Waals surface area contributed by atoms with E-state index in [9.17, 15) is 14.7 Å². The maximum atomic E-state index is 13.5. The van der Waals surface area contributed by atoms with E-state index in [0.717, 1.165) is 16.4 Å². The Hall–Kier alpha value is -1.69. The molecule has 0 radical (unpaired) electrons. The predicted octanol–water partition coefficient (Wildman–Crippen LogP) is 1.48. The molecule has 8 nitrogen and oxygen atoms in total. The van der Waals surface area contributed by atoms with E-state index in [1.54, 1.807) is 11.0 Å². The van der Waals surface area contributed by atoms with E-state index in [1.165, 1.54) is 0 Å². The number of amides is 2. The van der Waals surface area contributed by atoms with Crippen LogP contribution in [0.3, 0.4) is 0 Å². The average molecular weight is 570 g/mol. The Labute approximate surface area is 207 Å². The molecule has 0 aromatic heterocycles. The Morgan fingerprint density at radius 1 is 1.24 bits per heavy atom. The average Bonchev–Trinajstić information content (AvgIpc) is 3.47. The van der Waals surface area contributed by atoms with E-state index in [-0.39, 0.29) is 37.3 Å². The van der Waals surface area contributed by atoms with Crippen LogP contribution in [0.1, 0.15) is 25.7 Å². The standard InChI is InChI=1S/C24H31IN2O6/c25-18-3-1-2-4-20(18)33-21-12-17(23(30)26-8-9-28)11-19(22(21)29)27(13-15-5-6-15)24(31)16-7-10-32-14-16/h1-4,12,15-16,19,21-22,28-29H,5-11,13-14H2,(H,26,30)/t16?,19-,21+,22+/m1/s1. The van der Waals surface area contributed by atoms with Crippen molar-refractivity contribution < 1.29 is 29.3 Å². The second-order valence-corrected chi connectivity index (χ2v) is 10.1. The monoisotopic (exact) mass is 570 g/mol. The largest absolute Gasteiger partial charge is 0.482 e. The van der Waals surface area contributed by atoms with Crippen molar-refractivity contribution >= 4 is 34.4 Å². The number of ether oxygens (including phenoxy) is 2. The van der Waals surface area contributed by atoms with Gasteiger partial charge in [0.15, 0.2) is 0 Å². The Morgan fingerprint density at radius 2 is 2.03 bits per heavy atom. The zero-order valence-corrected chi connectivity index (χ0v) is 20.6. The van der Waals surface area contributed by atoms with Crippen molar-refractivity contribution in [1.82, 2.24) is 10.2 Å². The number of benzene rings is 1. The van der Waals surface area contributed by atoms with Crippen LogP contribution in [0, 0.1) is 15.4 Å². The summed E-state index contributed by atoms with van der Waals surface area (Å²) in [4.78, 5) is 28.0. The minimum atomic E-state index is -0.986. The molecule has 3 aliphatic rings. The van der Waals surface area contributed by atoms with Gasteiger partial charge in [-0.3, -0.25) is 9.59 Å². The summed E-state index contributed by atoms with van der Waals surface area (Å²) in [6, 6.07) is 6.90. The Morgan fingerprint density at radius 3 is 2.70 bits per heavy atom. The lowest BCUT2D eigenvalue weighted by atomic mass is 9.87. The number of rotatable bonds is 9. The molecule has 1 aromatic carbocycles. The summed E-state index contributed by atoms with van der Waals surface area (Å²) in [6.45, 7) is 1.49. The molecule has 33 heavy (non-hydrogen) atoms. The van der Waals surface area contributed by atoms with Crippen LogP contribution in [-0.2, 0) is 14.3 Å². The number of para-hydroxylation sites is 1. The van der Waals surface area contributed by atoms with Crippen molar-refractivity contribution in [3.8, 4) is 5.75 Å². The normalized spacial score (nSPS) is 27.1. The number of carbonyl (C=O) groups excluding carboxylic acids is 2. The predicted molar refractivity (Wildman–Crippen MR) is 130 cm³/mol. The number of hydrogen-bond donors (Lipinski definition) is 3. The van der Waals surface area contributed by atoms with Crippen molar-refractivity contribution in [1.29, 1.82) is 0 Å².